The third-order valence-electron chi connectivity index (χ3n) is 5.16. The Balaban J connectivity index is 0.000000152. The monoisotopic (exact) mass is 476 g/mol. The molecule has 9 heteroatoms. The average molecular weight is 476 g/mol. The van der Waals surface area contributed by atoms with Crippen LogP contribution in [0, 0.1) is 0 Å². The Bertz CT molecular complexity index is 1340. The molecular formula is C24H20FeN8-2. The van der Waals surface area contributed by atoms with E-state index in [1.165, 1.54) is 0 Å². The molecule has 0 saturated heterocycles. The summed E-state index contributed by atoms with van der Waals surface area (Å²) in [5.74, 6) is 12.0. The molecule has 4 heterocycles. The van der Waals surface area contributed by atoms with E-state index in [9.17, 15) is 0 Å². The minimum absolute atomic E-state index is 0. The maximum atomic E-state index is 5.35. The summed E-state index contributed by atoms with van der Waals surface area (Å²) in [5.41, 5.74) is 8.63. The summed E-state index contributed by atoms with van der Waals surface area (Å²) in [7, 11) is 0. The number of nitrogens with zero attached hydrogens (tertiary/aromatic N) is 4. The second kappa shape index (κ2) is 9.72. The van der Waals surface area contributed by atoms with Gasteiger partial charge >= 0.3 is 17.1 Å². The van der Waals surface area contributed by atoms with Crippen LogP contribution in [-0.2, 0) is 17.1 Å². The van der Waals surface area contributed by atoms with E-state index in [1.54, 1.807) is 12.4 Å². The van der Waals surface area contributed by atoms with Crippen LogP contribution in [0.25, 0.3) is 45.6 Å². The van der Waals surface area contributed by atoms with E-state index in [0.717, 1.165) is 43.6 Å². The zero-order valence-electron chi connectivity index (χ0n) is 17.4. The molecule has 8 nitrogen and oxygen atoms in total. The Labute approximate surface area is 201 Å². The van der Waals surface area contributed by atoms with Crippen LogP contribution < -0.4 is 43.4 Å². The fourth-order valence-corrected chi connectivity index (χ4v) is 3.61. The van der Waals surface area contributed by atoms with Crippen molar-refractivity contribution in [2.75, 3.05) is 0 Å². The topological polar surface area (TPSA) is 132 Å². The number of fused-ring (bicyclic) bond motifs is 6. The first-order chi connectivity index (χ1) is 15.8. The Kier molecular flexibility index (Phi) is 6.58. The van der Waals surface area contributed by atoms with Crippen molar-refractivity contribution in [3.05, 3.63) is 115 Å². The Morgan fingerprint density at radius 3 is 1.30 bits per heavy atom. The molecule has 4 aliphatic heterocycles. The second-order valence-corrected chi connectivity index (χ2v) is 7.11. The average Bonchev–Trinajstić information content (AvgIpc) is 2.88. The van der Waals surface area contributed by atoms with Crippen molar-refractivity contribution >= 4 is 47.1 Å². The van der Waals surface area contributed by atoms with Crippen LogP contribution in [0.4, 0.5) is 22.7 Å². The molecule has 0 unspecified atom stereocenters. The molecule has 6 N–H and O–H groups in total. The number of nitrogens with two attached hydrogens (primary N) is 2. The summed E-state index contributed by atoms with van der Waals surface area (Å²) in [5, 5.41) is 21.8. The Morgan fingerprint density at radius 1 is 0.515 bits per heavy atom. The molecule has 0 bridgehead atoms. The van der Waals surface area contributed by atoms with Gasteiger partial charge in [-0.2, -0.15) is 12.4 Å². The standard InChI is InChI=1S/2C12H10N4.Fe/c2*13-16-10-6-5-9-4-3-8-2-1-7-14-11(8)12(9)15-10;/h2*1-7,16H,13H2;/q2*-2;+2. The van der Waals surface area contributed by atoms with Gasteiger partial charge in [0.05, 0.1) is 0 Å². The fraction of sp³-hybridized carbons (Fsp3) is 0. The number of hydrogen-bond acceptors (Lipinski definition) is 4. The molecule has 0 radical (unpaired) electrons. The molecule has 33 heavy (non-hydrogen) atoms. The van der Waals surface area contributed by atoms with Gasteiger partial charge < -0.3 is 43.8 Å². The molecule has 0 atom stereocenters. The maximum Gasteiger partial charge on any atom is 2.00 e. The first-order valence-corrected chi connectivity index (χ1v) is 9.99. The largest absolute Gasteiger partial charge is 2.00 e. The molecule has 0 aromatic heterocycles. The number of nitrogens with one attached hydrogen (secondary N) is 2. The SMILES string of the molecule is NNC1=CC=c2ccc3c(c2[N-]1)[N-]C=CC=3.NNC1=CC=c2ccc3c(c2[N-]1)[N-]C=CC=3.[Fe+2]. The molecule has 2 aromatic carbocycles. The van der Waals surface area contributed by atoms with Gasteiger partial charge in [-0.05, 0) is 32.2 Å². The van der Waals surface area contributed by atoms with Crippen LogP contribution in [0.3, 0.4) is 0 Å². The van der Waals surface area contributed by atoms with Crippen molar-refractivity contribution in [1.82, 2.24) is 10.9 Å². The van der Waals surface area contributed by atoms with Crippen molar-refractivity contribution in [3.63, 3.8) is 0 Å². The van der Waals surface area contributed by atoms with Gasteiger partial charge in [-0.15, -0.1) is 11.4 Å². The summed E-state index contributed by atoms with van der Waals surface area (Å²) in [6.07, 6.45) is 19.1. The molecule has 4 aliphatic rings. The smallest absolute Gasteiger partial charge is 0.663 e. The molecule has 2 aromatic rings. The van der Waals surface area contributed by atoms with E-state index < -0.39 is 0 Å². The normalized spacial score (nSPS) is 15.0. The summed E-state index contributed by atoms with van der Waals surface area (Å²) < 4.78 is 0. The molecule has 0 fully saturated rings. The summed E-state index contributed by atoms with van der Waals surface area (Å²) in [6.45, 7) is 0. The quantitative estimate of drug-likeness (QED) is 0.301. The van der Waals surface area contributed by atoms with Crippen LogP contribution in [0.5, 0.6) is 0 Å². The Hall–Kier alpha value is -3.88. The first kappa shape index (κ1) is 22.3. The number of hydrogen-bond donors (Lipinski definition) is 4. The van der Waals surface area contributed by atoms with Crippen molar-refractivity contribution in [2.24, 2.45) is 11.7 Å². The van der Waals surface area contributed by atoms with Crippen molar-refractivity contribution in [2.45, 2.75) is 0 Å². The fourth-order valence-electron chi connectivity index (χ4n) is 3.61. The van der Waals surface area contributed by atoms with Gasteiger partial charge in [0.25, 0.3) is 0 Å². The van der Waals surface area contributed by atoms with Crippen LogP contribution in [-0.4, -0.2) is 0 Å². The van der Waals surface area contributed by atoms with Gasteiger partial charge in [-0.1, -0.05) is 84.5 Å². The zero-order valence-corrected chi connectivity index (χ0v) is 18.5. The number of hydrazine groups is 2. The van der Waals surface area contributed by atoms with Gasteiger partial charge in [0.1, 0.15) is 0 Å². The van der Waals surface area contributed by atoms with E-state index in [4.69, 9.17) is 11.7 Å². The second-order valence-electron chi connectivity index (χ2n) is 7.11. The van der Waals surface area contributed by atoms with Gasteiger partial charge in [0.2, 0.25) is 0 Å². The maximum absolute atomic E-state index is 5.35. The summed E-state index contributed by atoms with van der Waals surface area (Å²) in [6, 6.07) is 8.16. The third kappa shape index (κ3) is 4.39. The van der Waals surface area contributed by atoms with Gasteiger partial charge in [-0.3, -0.25) is 0 Å². The van der Waals surface area contributed by atoms with E-state index >= 15 is 0 Å². The number of rotatable bonds is 2. The van der Waals surface area contributed by atoms with Crippen molar-refractivity contribution in [1.29, 1.82) is 0 Å². The summed E-state index contributed by atoms with van der Waals surface area (Å²) >= 11 is 0. The van der Waals surface area contributed by atoms with E-state index in [1.807, 2.05) is 72.9 Å². The van der Waals surface area contributed by atoms with Crippen molar-refractivity contribution in [3.8, 4) is 0 Å². The van der Waals surface area contributed by atoms with Gasteiger partial charge in [0.15, 0.2) is 0 Å². The predicted molar refractivity (Wildman–Crippen MR) is 130 cm³/mol. The van der Waals surface area contributed by atoms with Crippen LogP contribution in [0.1, 0.15) is 0 Å². The summed E-state index contributed by atoms with van der Waals surface area (Å²) in [4.78, 5) is 0. The first-order valence-electron chi connectivity index (χ1n) is 9.99. The van der Waals surface area contributed by atoms with E-state index in [0.29, 0.717) is 11.6 Å². The molecular weight excluding hydrogens is 456 g/mol. The van der Waals surface area contributed by atoms with Crippen molar-refractivity contribution < 1.29 is 17.1 Å². The van der Waals surface area contributed by atoms with Crippen LogP contribution >= 0.6 is 0 Å². The van der Waals surface area contributed by atoms with Crippen LogP contribution in [0.2, 0.25) is 0 Å². The number of benzene rings is 2. The molecule has 166 valence electrons. The zero-order chi connectivity index (χ0) is 21.9. The molecule has 0 aliphatic carbocycles. The molecule has 0 amide bonds. The van der Waals surface area contributed by atoms with Crippen LogP contribution in [0.15, 0.2) is 72.6 Å². The third-order valence-corrected chi connectivity index (χ3v) is 5.16. The van der Waals surface area contributed by atoms with Gasteiger partial charge in [-0.25, -0.2) is 0 Å². The molecule has 6 rings (SSSR count). The minimum atomic E-state index is 0. The van der Waals surface area contributed by atoms with E-state index in [-0.39, 0.29) is 17.1 Å². The Morgan fingerprint density at radius 2 is 0.909 bits per heavy atom. The minimum Gasteiger partial charge on any atom is -0.663 e. The molecule has 0 saturated carbocycles. The predicted octanol–water partition coefficient (Wildman–Crippen LogP) is 2.20. The van der Waals surface area contributed by atoms with Gasteiger partial charge in [0, 0.05) is 0 Å². The van der Waals surface area contributed by atoms with E-state index in [2.05, 4.69) is 32.1 Å². The number of allylic oxidation sites excluding steroid dienone is 4. The molecule has 0 spiro atoms.